The average molecular weight is 228 g/mol. The van der Waals surface area contributed by atoms with Crippen LogP contribution in [0.25, 0.3) is 0 Å². The molecule has 0 unspecified atom stereocenters. The minimum Gasteiger partial charge on any atom is -0.338 e. The maximum absolute atomic E-state index is 5.69. The fourth-order valence-electron chi connectivity index (χ4n) is 1.40. The molecule has 4 heteroatoms. The van der Waals surface area contributed by atoms with E-state index < -0.39 is 0 Å². The lowest BCUT2D eigenvalue weighted by Gasteiger charge is -2.26. The van der Waals surface area contributed by atoms with Gasteiger partial charge in [-0.15, -0.1) is 11.6 Å². The second kappa shape index (κ2) is 5.91. The SMILES string of the molecule is CCCN(c1ncc(CCl)cn1)C(C)C. The predicted octanol–water partition coefficient (Wildman–Crippen LogP) is 2.84. The molecule has 0 saturated heterocycles. The summed E-state index contributed by atoms with van der Waals surface area (Å²) < 4.78 is 0. The fraction of sp³-hybridized carbons (Fsp3) is 0.636. The number of aromatic nitrogens is 2. The number of hydrogen-bond acceptors (Lipinski definition) is 3. The molecular formula is C11H18ClN3. The molecular weight excluding hydrogens is 210 g/mol. The minimum atomic E-state index is 0.423. The standard InChI is InChI=1S/C11H18ClN3/c1-4-5-15(9(2)3)11-13-7-10(6-12)8-14-11/h7-9H,4-6H2,1-3H3. The van der Waals surface area contributed by atoms with E-state index in [0.29, 0.717) is 11.9 Å². The summed E-state index contributed by atoms with van der Waals surface area (Å²) in [6, 6.07) is 0.423. The Labute approximate surface area is 96.5 Å². The zero-order valence-electron chi connectivity index (χ0n) is 9.57. The average Bonchev–Trinajstić information content (AvgIpc) is 2.26. The van der Waals surface area contributed by atoms with Gasteiger partial charge in [0, 0.05) is 30.5 Å². The number of rotatable bonds is 5. The Balaban J connectivity index is 2.81. The Kier molecular flexibility index (Phi) is 4.82. The number of alkyl halides is 1. The zero-order chi connectivity index (χ0) is 11.3. The Bertz CT molecular complexity index is 284. The molecule has 0 saturated carbocycles. The third kappa shape index (κ3) is 3.34. The van der Waals surface area contributed by atoms with Crippen molar-refractivity contribution in [2.45, 2.75) is 39.1 Å². The van der Waals surface area contributed by atoms with Crippen LogP contribution in [0.15, 0.2) is 12.4 Å². The van der Waals surface area contributed by atoms with Crippen molar-refractivity contribution in [3.8, 4) is 0 Å². The lowest BCUT2D eigenvalue weighted by molar-refractivity contribution is 0.651. The molecule has 0 aliphatic heterocycles. The number of hydrogen-bond donors (Lipinski definition) is 0. The van der Waals surface area contributed by atoms with E-state index in [2.05, 4.69) is 35.6 Å². The molecule has 0 fully saturated rings. The van der Waals surface area contributed by atoms with Gasteiger partial charge in [-0.1, -0.05) is 6.92 Å². The molecule has 84 valence electrons. The molecule has 1 heterocycles. The zero-order valence-corrected chi connectivity index (χ0v) is 10.3. The highest BCUT2D eigenvalue weighted by atomic mass is 35.5. The van der Waals surface area contributed by atoms with Crippen LogP contribution in [0.5, 0.6) is 0 Å². The van der Waals surface area contributed by atoms with Crippen molar-refractivity contribution in [3.63, 3.8) is 0 Å². The summed E-state index contributed by atoms with van der Waals surface area (Å²) >= 11 is 5.69. The van der Waals surface area contributed by atoms with E-state index in [0.717, 1.165) is 24.5 Å². The van der Waals surface area contributed by atoms with Crippen molar-refractivity contribution in [3.05, 3.63) is 18.0 Å². The lowest BCUT2D eigenvalue weighted by atomic mass is 10.3. The molecule has 0 aliphatic rings. The molecule has 0 radical (unpaired) electrons. The van der Waals surface area contributed by atoms with E-state index in [1.54, 1.807) is 12.4 Å². The molecule has 0 bridgehead atoms. The van der Waals surface area contributed by atoms with Gasteiger partial charge in [0.2, 0.25) is 5.95 Å². The van der Waals surface area contributed by atoms with E-state index >= 15 is 0 Å². The number of nitrogens with zero attached hydrogens (tertiary/aromatic N) is 3. The third-order valence-corrected chi connectivity index (χ3v) is 2.50. The predicted molar refractivity (Wildman–Crippen MR) is 64.4 cm³/mol. The highest BCUT2D eigenvalue weighted by Gasteiger charge is 2.11. The third-order valence-electron chi connectivity index (χ3n) is 2.19. The van der Waals surface area contributed by atoms with Gasteiger partial charge in [0.25, 0.3) is 0 Å². The van der Waals surface area contributed by atoms with Gasteiger partial charge in [0.15, 0.2) is 0 Å². The highest BCUT2D eigenvalue weighted by Crippen LogP contribution is 2.12. The van der Waals surface area contributed by atoms with Crippen LogP contribution in [0.4, 0.5) is 5.95 Å². The van der Waals surface area contributed by atoms with Crippen molar-refractivity contribution in [1.29, 1.82) is 0 Å². The minimum absolute atomic E-state index is 0.423. The van der Waals surface area contributed by atoms with Gasteiger partial charge < -0.3 is 4.90 Å². The second-order valence-electron chi connectivity index (χ2n) is 3.81. The van der Waals surface area contributed by atoms with Crippen LogP contribution in [0.1, 0.15) is 32.8 Å². The molecule has 0 aromatic carbocycles. The van der Waals surface area contributed by atoms with Gasteiger partial charge in [0.1, 0.15) is 0 Å². The fourth-order valence-corrected chi connectivity index (χ4v) is 1.53. The summed E-state index contributed by atoms with van der Waals surface area (Å²) in [5, 5.41) is 0. The molecule has 1 aromatic rings. The van der Waals surface area contributed by atoms with Crippen LogP contribution >= 0.6 is 11.6 Å². The molecule has 3 nitrogen and oxygen atoms in total. The van der Waals surface area contributed by atoms with Gasteiger partial charge >= 0.3 is 0 Å². The van der Waals surface area contributed by atoms with Gasteiger partial charge in [-0.05, 0) is 20.3 Å². The molecule has 0 aliphatic carbocycles. The summed E-state index contributed by atoms with van der Waals surface area (Å²) in [4.78, 5) is 10.8. The largest absolute Gasteiger partial charge is 0.338 e. The number of anilines is 1. The van der Waals surface area contributed by atoms with E-state index in [9.17, 15) is 0 Å². The van der Waals surface area contributed by atoms with E-state index in [-0.39, 0.29) is 0 Å². The summed E-state index contributed by atoms with van der Waals surface area (Å²) in [5.41, 5.74) is 0.959. The monoisotopic (exact) mass is 227 g/mol. The van der Waals surface area contributed by atoms with Crippen LogP contribution in [-0.4, -0.2) is 22.6 Å². The summed E-state index contributed by atoms with van der Waals surface area (Å²) in [6.45, 7) is 7.43. The highest BCUT2D eigenvalue weighted by molar-refractivity contribution is 6.17. The van der Waals surface area contributed by atoms with Crippen LogP contribution in [-0.2, 0) is 5.88 Å². The van der Waals surface area contributed by atoms with Gasteiger partial charge in [-0.3, -0.25) is 0 Å². The Morgan fingerprint density at radius 1 is 1.33 bits per heavy atom. The van der Waals surface area contributed by atoms with Crippen molar-refractivity contribution in [2.24, 2.45) is 0 Å². The maximum Gasteiger partial charge on any atom is 0.225 e. The first-order chi connectivity index (χ1) is 7.19. The first kappa shape index (κ1) is 12.2. The summed E-state index contributed by atoms with van der Waals surface area (Å²) in [6.07, 6.45) is 4.68. The van der Waals surface area contributed by atoms with Crippen molar-refractivity contribution < 1.29 is 0 Å². The molecule has 15 heavy (non-hydrogen) atoms. The Hall–Kier alpha value is -0.830. The first-order valence-corrected chi connectivity index (χ1v) is 5.86. The smallest absolute Gasteiger partial charge is 0.225 e. The van der Waals surface area contributed by atoms with Crippen LogP contribution in [0.3, 0.4) is 0 Å². The van der Waals surface area contributed by atoms with Crippen LogP contribution in [0.2, 0.25) is 0 Å². The summed E-state index contributed by atoms with van der Waals surface area (Å²) in [5.74, 6) is 1.26. The second-order valence-corrected chi connectivity index (χ2v) is 4.08. The van der Waals surface area contributed by atoms with Crippen LogP contribution < -0.4 is 4.90 Å². The van der Waals surface area contributed by atoms with Gasteiger partial charge in [-0.2, -0.15) is 0 Å². The topological polar surface area (TPSA) is 29.0 Å². The molecule has 0 N–H and O–H groups in total. The normalized spacial score (nSPS) is 10.7. The van der Waals surface area contributed by atoms with Crippen molar-refractivity contribution in [2.75, 3.05) is 11.4 Å². The summed E-state index contributed by atoms with van der Waals surface area (Å²) in [7, 11) is 0. The lowest BCUT2D eigenvalue weighted by Crippen LogP contribution is -2.32. The molecule has 0 spiro atoms. The Morgan fingerprint density at radius 3 is 2.33 bits per heavy atom. The van der Waals surface area contributed by atoms with Gasteiger partial charge in [0.05, 0.1) is 5.88 Å². The molecule has 1 rings (SSSR count). The number of halogens is 1. The first-order valence-electron chi connectivity index (χ1n) is 5.32. The maximum atomic E-state index is 5.69. The molecule has 0 amide bonds. The molecule has 0 atom stereocenters. The Morgan fingerprint density at radius 2 is 1.93 bits per heavy atom. The van der Waals surface area contributed by atoms with E-state index in [4.69, 9.17) is 11.6 Å². The quantitative estimate of drug-likeness (QED) is 0.725. The molecule has 1 aromatic heterocycles. The van der Waals surface area contributed by atoms with E-state index in [1.807, 2.05) is 0 Å². The van der Waals surface area contributed by atoms with Crippen LogP contribution in [0, 0.1) is 0 Å². The van der Waals surface area contributed by atoms with Crippen molar-refractivity contribution in [1.82, 2.24) is 9.97 Å². The van der Waals surface area contributed by atoms with E-state index in [1.165, 1.54) is 0 Å². The van der Waals surface area contributed by atoms with Gasteiger partial charge in [-0.25, -0.2) is 9.97 Å². The van der Waals surface area contributed by atoms with Crippen molar-refractivity contribution >= 4 is 17.5 Å².